The Morgan fingerprint density at radius 3 is 2.27 bits per heavy atom. The number of nitrogens with one attached hydrogen (secondary N) is 1. The van der Waals surface area contributed by atoms with Crippen LogP contribution in [0.5, 0.6) is 0 Å². The van der Waals surface area contributed by atoms with Crippen molar-refractivity contribution in [3.63, 3.8) is 0 Å². The summed E-state index contributed by atoms with van der Waals surface area (Å²) in [4.78, 5) is 24.7. The standard InChI is InChI=1S/C20H29NO9/c1-20(2,3)16(21-19(27)29-9-11-7-5-4-6-8-11)18(26)28-10-12-13(22)14(23)15(24)17(25)30-12/h4-8,12-17,22-25H,9-10H2,1-3H3,(H,21,27)/t12-,13+,14-,15+,16-,17+/m0/s1. The summed E-state index contributed by atoms with van der Waals surface area (Å²) in [6.07, 6.45) is -8.73. The number of rotatable bonds is 6. The van der Waals surface area contributed by atoms with Crippen molar-refractivity contribution in [1.82, 2.24) is 5.32 Å². The van der Waals surface area contributed by atoms with Gasteiger partial charge in [0.05, 0.1) is 0 Å². The van der Waals surface area contributed by atoms with E-state index in [1.807, 2.05) is 6.07 Å². The number of esters is 1. The summed E-state index contributed by atoms with van der Waals surface area (Å²) in [5.74, 6) is -0.815. The molecule has 1 amide bonds. The molecule has 5 N–H and O–H groups in total. The van der Waals surface area contributed by atoms with Gasteiger partial charge in [0.25, 0.3) is 0 Å². The van der Waals surface area contributed by atoms with E-state index >= 15 is 0 Å². The number of aliphatic hydroxyl groups excluding tert-OH is 4. The molecule has 1 saturated heterocycles. The maximum atomic E-state index is 12.6. The summed E-state index contributed by atoms with van der Waals surface area (Å²) < 4.78 is 15.2. The number of carbonyl (C=O) groups is 2. The molecule has 0 aromatic heterocycles. The Labute approximate surface area is 174 Å². The zero-order chi connectivity index (χ0) is 22.5. The number of carbonyl (C=O) groups excluding carboxylic acids is 2. The highest BCUT2D eigenvalue weighted by Crippen LogP contribution is 2.23. The monoisotopic (exact) mass is 427 g/mol. The van der Waals surface area contributed by atoms with Crippen LogP contribution in [0.3, 0.4) is 0 Å². The maximum Gasteiger partial charge on any atom is 0.408 e. The highest BCUT2D eigenvalue weighted by Gasteiger charge is 2.44. The molecule has 2 rings (SSSR count). The van der Waals surface area contributed by atoms with Crippen molar-refractivity contribution >= 4 is 12.1 Å². The Hall–Kier alpha value is -2.24. The maximum absolute atomic E-state index is 12.6. The van der Waals surface area contributed by atoms with Gasteiger partial charge in [0.2, 0.25) is 0 Å². The molecule has 168 valence electrons. The Morgan fingerprint density at radius 2 is 1.67 bits per heavy atom. The number of hydrogen-bond acceptors (Lipinski definition) is 9. The molecule has 0 spiro atoms. The third-order valence-corrected chi connectivity index (χ3v) is 4.65. The van der Waals surface area contributed by atoms with Crippen LogP contribution >= 0.6 is 0 Å². The van der Waals surface area contributed by atoms with E-state index < -0.39 is 60.8 Å². The van der Waals surface area contributed by atoms with Gasteiger partial charge in [0.1, 0.15) is 43.7 Å². The topological polar surface area (TPSA) is 155 Å². The van der Waals surface area contributed by atoms with E-state index in [-0.39, 0.29) is 6.61 Å². The molecule has 0 unspecified atom stereocenters. The Morgan fingerprint density at radius 1 is 1.03 bits per heavy atom. The molecule has 30 heavy (non-hydrogen) atoms. The van der Waals surface area contributed by atoms with E-state index in [0.717, 1.165) is 5.56 Å². The van der Waals surface area contributed by atoms with Crippen molar-refractivity contribution in [2.45, 2.75) is 64.1 Å². The molecular formula is C20H29NO9. The number of benzene rings is 1. The van der Waals surface area contributed by atoms with Crippen molar-refractivity contribution < 1.29 is 44.2 Å². The molecule has 0 saturated carbocycles. The lowest BCUT2D eigenvalue weighted by Crippen LogP contribution is -2.59. The number of amides is 1. The number of hydrogen-bond donors (Lipinski definition) is 5. The molecule has 6 atom stereocenters. The van der Waals surface area contributed by atoms with Crippen LogP contribution in [0.15, 0.2) is 30.3 Å². The first kappa shape index (κ1) is 24.0. The average molecular weight is 427 g/mol. The lowest BCUT2D eigenvalue weighted by atomic mass is 9.87. The third kappa shape index (κ3) is 6.38. The Balaban J connectivity index is 1.92. The predicted molar refractivity (Wildman–Crippen MR) is 103 cm³/mol. The van der Waals surface area contributed by atoms with Crippen LogP contribution in [0.4, 0.5) is 4.79 Å². The van der Waals surface area contributed by atoms with Gasteiger partial charge in [-0.15, -0.1) is 0 Å². The normalized spacial score (nSPS) is 27.8. The first-order valence-corrected chi connectivity index (χ1v) is 9.52. The Bertz CT molecular complexity index is 706. The largest absolute Gasteiger partial charge is 0.461 e. The molecule has 1 fully saturated rings. The molecule has 1 aromatic rings. The zero-order valence-electron chi connectivity index (χ0n) is 17.1. The quantitative estimate of drug-likeness (QED) is 0.384. The van der Waals surface area contributed by atoms with Gasteiger partial charge in [0, 0.05) is 0 Å². The van der Waals surface area contributed by atoms with Gasteiger partial charge in [-0.3, -0.25) is 0 Å². The third-order valence-electron chi connectivity index (χ3n) is 4.65. The molecule has 1 aliphatic rings. The highest BCUT2D eigenvalue weighted by atomic mass is 16.7. The van der Waals surface area contributed by atoms with Crippen molar-refractivity contribution in [3.05, 3.63) is 35.9 Å². The van der Waals surface area contributed by atoms with Crippen molar-refractivity contribution in [2.75, 3.05) is 6.61 Å². The van der Waals surface area contributed by atoms with E-state index in [0.29, 0.717) is 0 Å². The summed E-state index contributed by atoms with van der Waals surface area (Å²) >= 11 is 0. The first-order valence-electron chi connectivity index (χ1n) is 9.52. The van der Waals surface area contributed by atoms with Crippen LogP contribution < -0.4 is 5.32 Å². The molecular weight excluding hydrogens is 398 g/mol. The van der Waals surface area contributed by atoms with Gasteiger partial charge < -0.3 is 40.0 Å². The van der Waals surface area contributed by atoms with Crippen molar-refractivity contribution in [3.8, 4) is 0 Å². The van der Waals surface area contributed by atoms with Crippen LogP contribution in [-0.2, 0) is 25.6 Å². The van der Waals surface area contributed by atoms with E-state index in [9.17, 15) is 30.0 Å². The fourth-order valence-electron chi connectivity index (χ4n) is 2.83. The molecule has 1 aromatic carbocycles. The minimum absolute atomic E-state index is 0.0266. The summed E-state index contributed by atoms with van der Waals surface area (Å²) in [5, 5.41) is 41.2. The fraction of sp³-hybridized carbons (Fsp3) is 0.600. The number of ether oxygens (including phenoxy) is 3. The molecule has 0 radical (unpaired) electrons. The van der Waals surface area contributed by atoms with Gasteiger partial charge in [-0.2, -0.15) is 0 Å². The van der Waals surface area contributed by atoms with Crippen LogP contribution in [0, 0.1) is 5.41 Å². The van der Waals surface area contributed by atoms with Crippen LogP contribution in [0.25, 0.3) is 0 Å². The smallest absolute Gasteiger partial charge is 0.408 e. The average Bonchev–Trinajstić information content (AvgIpc) is 2.70. The lowest BCUT2D eigenvalue weighted by molar-refractivity contribution is -0.287. The van der Waals surface area contributed by atoms with Gasteiger partial charge in [-0.05, 0) is 11.0 Å². The van der Waals surface area contributed by atoms with Gasteiger partial charge in [-0.1, -0.05) is 51.1 Å². The lowest BCUT2D eigenvalue weighted by Gasteiger charge is -2.38. The van der Waals surface area contributed by atoms with Crippen molar-refractivity contribution in [2.24, 2.45) is 5.41 Å². The molecule has 10 heteroatoms. The molecule has 0 aliphatic carbocycles. The van der Waals surface area contributed by atoms with E-state index in [1.165, 1.54) is 0 Å². The van der Waals surface area contributed by atoms with Crippen molar-refractivity contribution in [1.29, 1.82) is 0 Å². The van der Waals surface area contributed by atoms with Crippen LogP contribution in [-0.4, -0.2) is 75.8 Å². The van der Waals surface area contributed by atoms with Crippen LogP contribution in [0.2, 0.25) is 0 Å². The van der Waals surface area contributed by atoms with E-state index in [4.69, 9.17) is 14.2 Å². The summed E-state index contributed by atoms with van der Waals surface area (Å²) in [7, 11) is 0. The molecule has 1 heterocycles. The first-order chi connectivity index (χ1) is 14.0. The van der Waals surface area contributed by atoms with E-state index in [2.05, 4.69) is 5.32 Å². The molecule has 10 nitrogen and oxygen atoms in total. The molecule has 0 bridgehead atoms. The summed E-state index contributed by atoms with van der Waals surface area (Å²) in [6.45, 7) is 4.66. The predicted octanol–water partition coefficient (Wildman–Crippen LogP) is -0.329. The second-order valence-corrected chi connectivity index (χ2v) is 8.17. The van der Waals surface area contributed by atoms with Gasteiger partial charge >= 0.3 is 12.1 Å². The van der Waals surface area contributed by atoms with Gasteiger partial charge in [0.15, 0.2) is 6.29 Å². The summed E-state index contributed by atoms with van der Waals surface area (Å²) in [6, 6.07) is 7.94. The number of alkyl carbamates (subject to hydrolysis) is 1. The minimum Gasteiger partial charge on any atom is -0.461 e. The SMILES string of the molecule is CC(C)(C)[C@@H](NC(=O)OCc1ccccc1)C(=O)OC[C@@H]1O[C@@H](O)[C@H](O)[C@@H](O)[C@@H]1O. The van der Waals surface area contributed by atoms with Crippen LogP contribution in [0.1, 0.15) is 26.3 Å². The second kappa shape index (κ2) is 10.2. The molecule has 1 aliphatic heterocycles. The number of aliphatic hydroxyl groups is 4. The Kier molecular flexibility index (Phi) is 8.16. The summed E-state index contributed by atoms with van der Waals surface area (Å²) in [5.41, 5.74) is 0.0506. The second-order valence-electron chi connectivity index (χ2n) is 8.17. The zero-order valence-corrected chi connectivity index (χ0v) is 17.1. The minimum atomic E-state index is -1.74. The highest BCUT2D eigenvalue weighted by molar-refractivity contribution is 5.82. The fourth-order valence-corrected chi connectivity index (χ4v) is 2.83. The van der Waals surface area contributed by atoms with Gasteiger partial charge in [-0.25, -0.2) is 9.59 Å². The van der Waals surface area contributed by atoms with E-state index in [1.54, 1.807) is 45.0 Å².